The molecule has 0 bridgehead atoms. The standard InChI is InChI=1S/C9H20N2O/c1-9(10)8-12-7-6-11-4-2-3-5-11/h9H,2-8,10H2,1H3. The molecule has 3 heteroatoms. The molecule has 72 valence electrons. The lowest BCUT2D eigenvalue weighted by molar-refractivity contribution is 0.103. The minimum atomic E-state index is 0.170. The van der Waals surface area contributed by atoms with E-state index in [0.29, 0.717) is 6.61 Å². The highest BCUT2D eigenvalue weighted by atomic mass is 16.5. The van der Waals surface area contributed by atoms with Gasteiger partial charge in [-0.2, -0.15) is 0 Å². The Bertz CT molecular complexity index is 111. The van der Waals surface area contributed by atoms with Crippen LogP contribution in [0.15, 0.2) is 0 Å². The highest BCUT2D eigenvalue weighted by Gasteiger charge is 2.10. The van der Waals surface area contributed by atoms with Gasteiger partial charge in [0.15, 0.2) is 0 Å². The lowest BCUT2D eigenvalue weighted by atomic mass is 10.4. The molecule has 1 atom stereocenters. The molecule has 3 nitrogen and oxygen atoms in total. The van der Waals surface area contributed by atoms with Crippen LogP contribution in [-0.2, 0) is 4.74 Å². The summed E-state index contributed by atoms with van der Waals surface area (Å²) in [5.41, 5.74) is 5.55. The fourth-order valence-electron chi connectivity index (χ4n) is 1.47. The number of hydrogen-bond donors (Lipinski definition) is 1. The molecule has 12 heavy (non-hydrogen) atoms. The molecule has 0 saturated carbocycles. The Morgan fingerprint density at radius 3 is 2.67 bits per heavy atom. The third-order valence-electron chi connectivity index (χ3n) is 2.13. The van der Waals surface area contributed by atoms with Crippen LogP contribution in [-0.4, -0.2) is 43.8 Å². The third-order valence-corrected chi connectivity index (χ3v) is 2.13. The summed E-state index contributed by atoms with van der Waals surface area (Å²) in [4.78, 5) is 2.45. The fourth-order valence-corrected chi connectivity index (χ4v) is 1.47. The van der Waals surface area contributed by atoms with Crippen LogP contribution in [0, 0.1) is 0 Å². The van der Waals surface area contributed by atoms with Crippen LogP contribution in [0.2, 0.25) is 0 Å². The maximum absolute atomic E-state index is 5.55. The van der Waals surface area contributed by atoms with Crippen LogP contribution in [0.4, 0.5) is 0 Å². The summed E-state index contributed by atoms with van der Waals surface area (Å²) in [5.74, 6) is 0. The number of likely N-dealkylation sites (tertiary alicyclic amines) is 1. The van der Waals surface area contributed by atoms with E-state index < -0.39 is 0 Å². The van der Waals surface area contributed by atoms with Gasteiger partial charge in [0.25, 0.3) is 0 Å². The predicted octanol–water partition coefficient (Wildman–Crippen LogP) is 0.446. The second kappa shape index (κ2) is 5.51. The van der Waals surface area contributed by atoms with Crippen LogP contribution in [0.1, 0.15) is 19.8 Å². The van der Waals surface area contributed by atoms with Crippen molar-refractivity contribution < 1.29 is 4.74 Å². The molecule has 1 aliphatic heterocycles. The van der Waals surface area contributed by atoms with E-state index in [2.05, 4.69) is 4.90 Å². The molecule has 1 unspecified atom stereocenters. The maximum Gasteiger partial charge on any atom is 0.0615 e. The molecular formula is C9H20N2O. The highest BCUT2D eigenvalue weighted by molar-refractivity contribution is 4.65. The summed E-state index contributed by atoms with van der Waals surface area (Å²) < 4.78 is 5.39. The smallest absolute Gasteiger partial charge is 0.0615 e. The van der Waals surface area contributed by atoms with Gasteiger partial charge >= 0.3 is 0 Å². The molecule has 0 amide bonds. The van der Waals surface area contributed by atoms with Gasteiger partial charge in [-0.3, -0.25) is 0 Å². The molecule has 0 aromatic heterocycles. The predicted molar refractivity (Wildman–Crippen MR) is 50.1 cm³/mol. The first-order chi connectivity index (χ1) is 5.79. The van der Waals surface area contributed by atoms with Gasteiger partial charge in [0.2, 0.25) is 0 Å². The van der Waals surface area contributed by atoms with Crippen molar-refractivity contribution in [3.05, 3.63) is 0 Å². The topological polar surface area (TPSA) is 38.5 Å². The van der Waals surface area contributed by atoms with Gasteiger partial charge < -0.3 is 15.4 Å². The molecule has 2 N–H and O–H groups in total. The molecule has 1 rings (SSSR count). The molecule has 1 fully saturated rings. The number of ether oxygens (including phenoxy) is 1. The van der Waals surface area contributed by atoms with Crippen LogP contribution >= 0.6 is 0 Å². The Morgan fingerprint density at radius 1 is 1.42 bits per heavy atom. The van der Waals surface area contributed by atoms with Crippen molar-refractivity contribution in [2.45, 2.75) is 25.8 Å². The molecule has 0 radical (unpaired) electrons. The summed E-state index contributed by atoms with van der Waals surface area (Å²) in [7, 11) is 0. The summed E-state index contributed by atoms with van der Waals surface area (Å²) in [6.45, 7) is 7.07. The Labute approximate surface area is 74.9 Å². The summed E-state index contributed by atoms with van der Waals surface area (Å²) in [6.07, 6.45) is 2.71. The number of nitrogens with zero attached hydrogens (tertiary/aromatic N) is 1. The third kappa shape index (κ3) is 4.04. The van der Waals surface area contributed by atoms with Crippen molar-refractivity contribution in [3.63, 3.8) is 0 Å². The van der Waals surface area contributed by atoms with Gasteiger partial charge in [0.1, 0.15) is 0 Å². The van der Waals surface area contributed by atoms with Gasteiger partial charge in [-0.25, -0.2) is 0 Å². The van der Waals surface area contributed by atoms with Gasteiger partial charge in [-0.1, -0.05) is 0 Å². The van der Waals surface area contributed by atoms with Gasteiger partial charge in [0.05, 0.1) is 13.2 Å². The molecular weight excluding hydrogens is 152 g/mol. The molecule has 1 saturated heterocycles. The van der Waals surface area contributed by atoms with Crippen LogP contribution in [0.5, 0.6) is 0 Å². The monoisotopic (exact) mass is 172 g/mol. The van der Waals surface area contributed by atoms with Crippen molar-refractivity contribution in [2.75, 3.05) is 32.8 Å². The Hall–Kier alpha value is -0.120. The van der Waals surface area contributed by atoms with Crippen LogP contribution in [0.25, 0.3) is 0 Å². The Kier molecular flexibility index (Phi) is 4.58. The average molecular weight is 172 g/mol. The van der Waals surface area contributed by atoms with E-state index >= 15 is 0 Å². The highest BCUT2D eigenvalue weighted by Crippen LogP contribution is 2.05. The Balaban J connectivity index is 1.88. The maximum atomic E-state index is 5.55. The van der Waals surface area contributed by atoms with E-state index in [-0.39, 0.29) is 6.04 Å². The quantitative estimate of drug-likeness (QED) is 0.612. The van der Waals surface area contributed by atoms with Crippen LogP contribution in [0.3, 0.4) is 0 Å². The summed E-state index contributed by atoms with van der Waals surface area (Å²) in [5, 5.41) is 0. The number of rotatable bonds is 5. The number of hydrogen-bond acceptors (Lipinski definition) is 3. The van der Waals surface area contributed by atoms with Gasteiger partial charge in [0, 0.05) is 12.6 Å². The average Bonchev–Trinajstić information content (AvgIpc) is 2.49. The SMILES string of the molecule is CC(N)COCCN1CCCC1. The van der Waals surface area contributed by atoms with E-state index in [1.165, 1.54) is 25.9 Å². The molecule has 0 aromatic rings. The minimum absolute atomic E-state index is 0.170. The minimum Gasteiger partial charge on any atom is -0.379 e. The second-order valence-electron chi connectivity index (χ2n) is 3.60. The molecule has 0 spiro atoms. The van der Waals surface area contributed by atoms with Crippen molar-refractivity contribution in [3.8, 4) is 0 Å². The molecule has 1 heterocycles. The van der Waals surface area contributed by atoms with Gasteiger partial charge in [-0.15, -0.1) is 0 Å². The van der Waals surface area contributed by atoms with Crippen molar-refractivity contribution in [1.82, 2.24) is 4.90 Å². The van der Waals surface area contributed by atoms with E-state index in [0.717, 1.165) is 13.2 Å². The zero-order valence-corrected chi connectivity index (χ0v) is 7.96. The van der Waals surface area contributed by atoms with Crippen molar-refractivity contribution in [2.24, 2.45) is 5.73 Å². The first kappa shape index (κ1) is 9.96. The largest absolute Gasteiger partial charge is 0.379 e. The first-order valence-electron chi connectivity index (χ1n) is 4.84. The Morgan fingerprint density at radius 2 is 2.08 bits per heavy atom. The second-order valence-corrected chi connectivity index (χ2v) is 3.60. The lowest BCUT2D eigenvalue weighted by Crippen LogP contribution is -2.27. The van der Waals surface area contributed by atoms with Crippen LogP contribution < -0.4 is 5.73 Å². The lowest BCUT2D eigenvalue weighted by Gasteiger charge is -2.14. The zero-order chi connectivity index (χ0) is 8.81. The zero-order valence-electron chi connectivity index (χ0n) is 7.96. The van der Waals surface area contributed by atoms with E-state index in [1.807, 2.05) is 6.92 Å². The molecule has 0 aliphatic carbocycles. The first-order valence-corrected chi connectivity index (χ1v) is 4.84. The van der Waals surface area contributed by atoms with E-state index in [4.69, 9.17) is 10.5 Å². The van der Waals surface area contributed by atoms with E-state index in [1.54, 1.807) is 0 Å². The summed E-state index contributed by atoms with van der Waals surface area (Å²) in [6, 6.07) is 0.170. The molecule has 0 aromatic carbocycles. The number of nitrogens with two attached hydrogens (primary N) is 1. The van der Waals surface area contributed by atoms with Crippen molar-refractivity contribution in [1.29, 1.82) is 0 Å². The summed E-state index contributed by atoms with van der Waals surface area (Å²) >= 11 is 0. The normalized spacial score (nSPS) is 21.5. The van der Waals surface area contributed by atoms with Crippen molar-refractivity contribution >= 4 is 0 Å². The molecule has 1 aliphatic rings. The van der Waals surface area contributed by atoms with E-state index in [9.17, 15) is 0 Å². The fraction of sp³-hybridized carbons (Fsp3) is 1.00. The van der Waals surface area contributed by atoms with Gasteiger partial charge in [-0.05, 0) is 32.9 Å².